The van der Waals surface area contributed by atoms with Crippen LogP contribution in [0.4, 0.5) is 13.2 Å². The molecule has 0 amide bonds. The highest BCUT2D eigenvalue weighted by molar-refractivity contribution is 5.33. The van der Waals surface area contributed by atoms with Gasteiger partial charge in [0.1, 0.15) is 0 Å². The second-order valence-corrected chi connectivity index (χ2v) is 10.0. The minimum absolute atomic E-state index is 0.0298. The lowest BCUT2D eigenvalue weighted by atomic mass is 9.68. The molecule has 32 heavy (non-hydrogen) atoms. The van der Waals surface area contributed by atoms with Crippen LogP contribution >= 0.6 is 0 Å². The molecule has 0 heterocycles. The Kier molecular flexibility index (Phi) is 9.99. The van der Waals surface area contributed by atoms with Crippen molar-refractivity contribution in [3.8, 4) is 5.75 Å². The number of benzene rings is 1. The van der Waals surface area contributed by atoms with Crippen LogP contribution in [0, 0.1) is 29.4 Å². The van der Waals surface area contributed by atoms with Crippen molar-refractivity contribution >= 4 is 0 Å². The fourth-order valence-electron chi connectivity index (χ4n) is 5.85. The largest absolute Gasteiger partial charge is 0.490 e. The molecule has 0 bridgehead atoms. The Hall–Kier alpha value is -1.45. The van der Waals surface area contributed by atoms with Crippen molar-refractivity contribution in [2.75, 3.05) is 6.61 Å². The number of rotatable bonds is 10. The average molecular weight is 451 g/mol. The van der Waals surface area contributed by atoms with E-state index in [0.29, 0.717) is 24.5 Å². The van der Waals surface area contributed by atoms with Crippen molar-refractivity contribution in [2.24, 2.45) is 17.8 Å². The molecule has 180 valence electrons. The highest BCUT2D eigenvalue weighted by atomic mass is 19.2. The van der Waals surface area contributed by atoms with Crippen LogP contribution in [0.1, 0.15) is 109 Å². The zero-order chi connectivity index (χ0) is 22.9. The van der Waals surface area contributed by atoms with E-state index in [1.807, 2.05) is 13.8 Å². The first-order valence-electron chi connectivity index (χ1n) is 13.0. The van der Waals surface area contributed by atoms with Crippen LogP contribution < -0.4 is 4.74 Å². The van der Waals surface area contributed by atoms with E-state index in [9.17, 15) is 13.2 Å². The topological polar surface area (TPSA) is 9.23 Å². The predicted octanol–water partition coefficient (Wildman–Crippen LogP) is 9.27. The van der Waals surface area contributed by atoms with E-state index in [-0.39, 0.29) is 17.5 Å². The molecule has 0 aliphatic heterocycles. The molecule has 2 fully saturated rings. The first kappa shape index (κ1) is 25.2. The number of halogens is 3. The molecule has 0 saturated heterocycles. The van der Waals surface area contributed by atoms with E-state index >= 15 is 0 Å². The van der Waals surface area contributed by atoms with Gasteiger partial charge in [-0.1, -0.05) is 38.8 Å². The van der Waals surface area contributed by atoms with Gasteiger partial charge in [-0.05, 0) is 106 Å². The number of hydrogen-bond acceptors (Lipinski definition) is 1. The Morgan fingerprint density at radius 2 is 1.56 bits per heavy atom. The van der Waals surface area contributed by atoms with Gasteiger partial charge < -0.3 is 4.74 Å². The molecule has 1 aromatic rings. The van der Waals surface area contributed by atoms with Crippen LogP contribution in [-0.4, -0.2) is 6.61 Å². The smallest absolute Gasteiger partial charge is 0.200 e. The lowest BCUT2D eigenvalue weighted by Crippen LogP contribution is -2.25. The monoisotopic (exact) mass is 450 g/mol. The van der Waals surface area contributed by atoms with E-state index in [1.54, 1.807) is 18.2 Å². The van der Waals surface area contributed by atoms with Crippen molar-refractivity contribution < 1.29 is 17.9 Å². The SMILES string of the molecule is CCCOc1ccc(C2CCC(C3CCC(CCC=C(F)CCC)CC3)CC2)c(F)c1F. The minimum atomic E-state index is -0.833. The summed E-state index contributed by atoms with van der Waals surface area (Å²) >= 11 is 0. The zero-order valence-electron chi connectivity index (χ0n) is 20.0. The molecule has 0 unspecified atom stereocenters. The fourth-order valence-corrected chi connectivity index (χ4v) is 5.85. The van der Waals surface area contributed by atoms with Gasteiger partial charge in [0.15, 0.2) is 11.6 Å². The summed E-state index contributed by atoms with van der Waals surface area (Å²) in [5.41, 5.74) is 0.525. The predicted molar refractivity (Wildman–Crippen MR) is 126 cm³/mol. The lowest BCUT2D eigenvalue weighted by molar-refractivity contribution is 0.156. The van der Waals surface area contributed by atoms with Gasteiger partial charge in [0.25, 0.3) is 0 Å². The van der Waals surface area contributed by atoms with Crippen LogP contribution in [-0.2, 0) is 0 Å². The second-order valence-electron chi connectivity index (χ2n) is 10.0. The molecule has 2 saturated carbocycles. The second kappa shape index (κ2) is 12.7. The summed E-state index contributed by atoms with van der Waals surface area (Å²) in [6, 6.07) is 3.33. The Morgan fingerprint density at radius 3 is 2.19 bits per heavy atom. The highest BCUT2D eigenvalue weighted by Crippen LogP contribution is 2.45. The number of ether oxygens (including phenoxy) is 1. The molecule has 2 aliphatic rings. The van der Waals surface area contributed by atoms with E-state index in [0.717, 1.165) is 63.2 Å². The summed E-state index contributed by atoms with van der Waals surface area (Å²) in [6.07, 6.45) is 15.1. The molecule has 1 nitrogen and oxygen atoms in total. The zero-order valence-corrected chi connectivity index (χ0v) is 20.0. The van der Waals surface area contributed by atoms with Crippen LogP contribution in [0.2, 0.25) is 0 Å². The quantitative estimate of drug-likeness (QED) is 0.345. The van der Waals surface area contributed by atoms with E-state index in [4.69, 9.17) is 4.74 Å². The fraction of sp³-hybridized carbons (Fsp3) is 0.714. The standard InChI is InChI=1S/C28H41F3O/c1-3-6-24(29)8-5-7-20-9-11-21(12-10-20)22-13-15-23(16-14-22)25-17-18-26(32-19-4-2)28(31)27(25)30/h8,17-18,20-23H,3-7,9-16,19H2,1-2H3. The Bertz CT molecular complexity index is 728. The maximum Gasteiger partial charge on any atom is 0.200 e. The lowest BCUT2D eigenvalue weighted by Gasteiger charge is -2.38. The molecule has 4 heteroatoms. The normalized spacial score (nSPS) is 26.8. The first-order chi connectivity index (χ1) is 15.5. The maximum atomic E-state index is 14.7. The summed E-state index contributed by atoms with van der Waals surface area (Å²) in [5.74, 6) is 0.869. The van der Waals surface area contributed by atoms with Crippen molar-refractivity contribution in [3.63, 3.8) is 0 Å². The molecule has 1 aromatic carbocycles. The van der Waals surface area contributed by atoms with Crippen molar-refractivity contribution in [3.05, 3.63) is 41.2 Å². The van der Waals surface area contributed by atoms with Gasteiger partial charge in [-0.25, -0.2) is 8.78 Å². The van der Waals surface area contributed by atoms with Gasteiger partial charge in [-0.3, -0.25) is 0 Å². The first-order valence-corrected chi connectivity index (χ1v) is 13.0. The third-order valence-corrected chi connectivity index (χ3v) is 7.74. The molecular weight excluding hydrogens is 409 g/mol. The third kappa shape index (κ3) is 6.78. The molecular formula is C28H41F3O. The maximum absolute atomic E-state index is 14.7. The van der Waals surface area contributed by atoms with Crippen LogP contribution in [0.5, 0.6) is 5.75 Å². The molecule has 0 spiro atoms. The van der Waals surface area contributed by atoms with Crippen LogP contribution in [0.25, 0.3) is 0 Å². The van der Waals surface area contributed by atoms with Gasteiger partial charge in [-0.15, -0.1) is 0 Å². The van der Waals surface area contributed by atoms with Crippen LogP contribution in [0.15, 0.2) is 24.0 Å². The van der Waals surface area contributed by atoms with Crippen LogP contribution in [0.3, 0.4) is 0 Å². The van der Waals surface area contributed by atoms with E-state index in [1.165, 1.54) is 25.7 Å². The molecule has 0 radical (unpaired) electrons. The number of hydrogen-bond donors (Lipinski definition) is 0. The molecule has 3 rings (SSSR count). The third-order valence-electron chi connectivity index (χ3n) is 7.74. The Balaban J connectivity index is 1.44. The summed E-state index contributed by atoms with van der Waals surface area (Å²) in [5, 5.41) is 0. The highest BCUT2D eigenvalue weighted by Gasteiger charge is 2.32. The van der Waals surface area contributed by atoms with Gasteiger partial charge in [0, 0.05) is 0 Å². The number of allylic oxidation sites excluding steroid dienone is 2. The van der Waals surface area contributed by atoms with E-state index in [2.05, 4.69) is 0 Å². The van der Waals surface area contributed by atoms with Gasteiger partial charge in [0.2, 0.25) is 5.82 Å². The summed E-state index contributed by atoms with van der Waals surface area (Å²) in [7, 11) is 0. The Morgan fingerprint density at radius 1 is 0.906 bits per heavy atom. The van der Waals surface area contributed by atoms with Crippen molar-refractivity contribution in [1.29, 1.82) is 0 Å². The van der Waals surface area contributed by atoms with Crippen molar-refractivity contribution in [2.45, 2.75) is 103 Å². The van der Waals surface area contributed by atoms with E-state index < -0.39 is 11.6 Å². The summed E-state index contributed by atoms with van der Waals surface area (Å²) in [6.45, 7) is 4.35. The molecule has 0 atom stereocenters. The minimum Gasteiger partial charge on any atom is -0.490 e. The Labute approximate surface area is 192 Å². The molecule has 0 aromatic heterocycles. The summed E-state index contributed by atoms with van der Waals surface area (Å²) in [4.78, 5) is 0. The average Bonchev–Trinajstić information content (AvgIpc) is 2.81. The molecule has 2 aliphatic carbocycles. The van der Waals surface area contributed by atoms with Gasteiger partial charge in [-0.2, -0.15) is 4.39 Å². The molecule has 0 N–H and O–H groups in total. The van der Waals surface area contributed by atoms with Crippen molar-refractivity contribution in [1.82, 2.24) is 0 Å². The van der Waals surface area contributed by atoms with Gasteiger partial charge >= 0.3 is 0 Å². The van der Waals surface area contributed by atoms with Gasteiger partial charge in [0.05, 0.1) is 12.4 Å². The summed E-state index contributed by atoms with van der Waals surface area (Å²) < 4.78 is 47.9.